The van der Waals surface area contributed by atoms with Crippen molar-refractivity contribution in [2.75, 3.05) is 0 Å². The summed E-state index contributed by atoms with van der Waals surface area (Å²) < 4.78 is 13.9. The van der Waals surface area contributed by atoms with Gasteiger partial charge in [0.25, 0.3) is 0 Å². The Labute approximate surface area is 150 Å². The molecule has 3 heteroatoms. The van der Waals surface area contributed by atoms with Gasteiger partial charge in [-0.1, -0.05) is 56.9 Å². The van der Waals surface area contributed by atoms with Crippen molar-refractivity contribution in [2.45, 2.75) is 64.2 Å². The summed E-state index contributed by atoms with van der Waals surface area (Å²) in [6.07, 6.45) is 11.9. The Morgan fingerprint density at radius 3 is 2.44 bits per heavy atom. The molecular weight excluding hydrogens is 313 g/mol. The van der Waals surface area contributed by atoms with Gasteiger partial charge in [-0.25, -0.2) is 9.37 Å². The molecule has 1 aliphatic carbocycles. The fraction of sp³-hybridized carbons (Fsp3) is 0.500. The van der Waals surface area contributed by atoms with Gasteiger partial charge >= 0.3 is 0 Å². The zero-order chi connectivity index (χ0) is 17.6. The largest absolute Gasteiger partial charge is 0.506 e. The predicted molar refractivity (Wildman–Crippen MR) is 100 cm³/mol. The van der Waals surface area contributed by atoms with Crippen LogP contribution in [0.15, 0.2) is 36.5 Å². The topological polar surface area (TPSA) is 33.1 Å². The van der Waals surface area contributed by atoms with E-state index in [1.165, 1.54) is 63.1 Å². The van der Waals surface area contributed by atoms with Crippen LogP contribution in [-0.2, 0) is 0 Å². The number of unbranched alkanes of at least 4 members (excludes halogenated alkanes) is 2. The van der Waals surface area contributed by atoms with Gasteiger partial charge in [-0.3, -0.25) is 0 Å². The number of aromatic hydroxyl groups is 1. The van der Waals surface area contributed by atoms with E-state index in [-0.39, 0.29) is 5.75 Å². The van der Waals surface area contributed by atoms with Gasteiger partial charge in [0, 0.05) is 11.6 Å². The first-order valence-corrected chi connectivity index (χ1v) is 9.62. The molecule has 2 nitrogen and oxygen atoms in total. The molecule has 0 amide bonds. The Morgan fingerprint density at radius 1 is 1.08 bits per heavy atom. The third-order valence-corrected chi connectivity index (χ3v) is 5.54. The van der Waals surface area contributed by atoms with Gasteiger partial charge in [-0.15, -0.1) is 0 Å². The Bertz CT molecular complexity index is 675. The lowest BCUT2D eigenvalue weighted by Gasteiger charge is -2.29. The highest BCUT2D eigenvalue weighted by molar-refractivity contribution is 5.60. The maximum atomic E-state index is 13.9. The van der Waals surface area contributed by atoms with Crippen LogP contribution in [0.1, 0.15) is 69.8 Å². The van der Waals surface area contributed by atoms with Crippen molar-refractivity contribution in [1.82, 2.24) is 4.98 Å². The minimum absolute atomic E-state index is 0.145. The van der Waals surface area contributed by atoms with Gasteiger partial charge in [-0.2, -0.15) is 0 Å². The molecule has 1 aromatic heterocycles. The molecule has 1 aliphatic rings. The van der Waals surface area contributed by atoms with Gasteiger partial charge in [0.2, 0.25) is 0 Å². The van der Waals surface area contributed by atoms with E-state index in [9.17, 15) is 9.50 Å². The van der Waals surface area contributed by atoms with E-state index in [4.69, 9.17) is 0 Å². The molecule has 0 spiro atoms. The molecule has 1 N–H and O–H groups in total. The Hall–Kier alpha value is -1.90. The van der Waals surface area contributed by atoms with Gasteiger partial charge < -0.3 is 5.11 Å². The summed E-state index contributed by atoms with van der Waals surface area (Å²) in [4.78, 5) is 4.01. The Kier molecular flexibility index (Phi) is 6.06. The minimum atomic E-state index is -0.486. The molecule has 0 atom stereocenters. The van der Waals surface area contributed by atoms with E-state index in [2.05, 4.69) is 24.0 Å². The SMILES string of the molecule is CCCCCC1CCC(c2ccc(-c3ncc(O)cc3F)cc2)CC1. The molecule has 0 saturated heterocycles. The van der Waals surface area contributed by atoms with Crippen LogP contribution in [0.4, 0.5) is 4.39 Å². The second-order valence-corrected chi connectivity index (χ2v) is 7.36. The zero-order valence-electron chi connectivity index (χ0n) is 15.0. The maximum Gasteiger partial charge on any atom is 0.153 e. The molecule has 1 heterocycles. The van der Waals surface area contributed by atoms with Gasteiger partial charge in [0.15, 0.2) is 5.82 Å². The van der Waals surface area contributed by atoms with Crippen LogP contribution < -0.4 is 0 Å². The van der Waals surface area contributed by atoms with Crippen LogP contribution in [-0.4, -0.2) is 10.1 Å². The molecule has 2 aromatic rings. The molecule has 0 unspecified atom stereocenters. The lowest BCUT2D eigenvalue weighted by molar-refractivity contribution is 0.303. The molecule has 25 heavy (non-hydrogen) atoms. The first kappa shape index (κ1) is 17.9. The molecule has 1 fully saturated rings. The van der Waals surface area contributed by atoms with Gasteiger partial charge in [0.05, 0.1) is 6.20 Å². The number of aromatic nitrogens is 1. The van der Waals surface area contributed by atoms with Crippen molar-refractivity contribution >= 4 is 0 Å². The quantitative estimate of drug-likeness (QED) is 0.613. The maximum absolute atomic E-state index is 13.9. The Morgan fingerprint density at radius 2 is 1.80 bits per heavy atom. The number of hydrogen-bond acceptors (Lipinski definition) is 2. The van der Waals surface area contributed by atoms with E-state index >= 15 is 0 Å². The summed E-state index contributed by atoms with van der Waals surface area (Å²) in [7, 11) is 0. The van der Waals surface area contributed by atoms with Crippen LogP contribution in [0.5, 0.6) is 5.75 Å². The summed E-state index contributed by atoms with van der Waals surface area (Å²) >= 11 is 0. The molecular formula is C22H28FNO. The zero-order valence-corrected chi connectivity index (χ0v) is 15.0. The summed E-state index contributed by atoms with van der Waals surface area (Å²) in [6, 6.07) is 9.24. The van der Waals surface area contributed by atoms with Crippen LogP contribution >= 0.6 is 0 Å². The number of rotatable bonds is 6. The van der Waals surface area contributed by atoms with Crippen LogP contribution in [0.3, 0.4) is 0 Å². The van der Waals surface area contributed by atoms with Crippen molar-refractivity contribution in [1.29, 1.82) is 0 Å². The molecule has 1 saturated carbocycles. The summed E-state index contributed by atoms with van der Waals surface area (Å²) in [5.41, 5.74) is 2.41. The number of benzene rings is 1. The average Bonchev–Trinajstić information content (AvgIpc) is 2.63. The normalized spacial score (nSPS) is 20.6. The van der Waals surface area contributed by atoms with Crippen molar-refractivity contribution in [2.24, 2.45) is 5.92 Å². The summed E-state index contributed by atoms with van der Waals surface area (Å²) in [6.45, 7) is 2.26. The highest BCUT2D eigenvalue weighted by atomic mass is 19.1. The lowest BCUT2D eigenvalue weighted by Crippen LogP contribution is -2.13. The molecule has 0 bridgehead atoms. The van der Waals surface area contributed by atoms with Gasteiger partial charge in [0.1, 0.15) is 11.4 Å². The molecule has 134 valence electrons. The van der Waals surface area contributed by atoms with Crippen LogP contribution in [0.2, 0.25) is 0 Å². The van der Waals surface area contributed by atoms with Crippen molar-refractivity contribution in [3.05, 3.63) is 47.9 Å². The van der Waals surface area contributed by atoms with E-state index in [1.54, 1.807) is 0 Å². The second kappa shape index (κ2) is 8.46. The molecule has 1 aromatic carbocycles. The van der Waals surface area contributed by atoms with E-state index in [0.29, 0.717) is 11.6 Å². The van der Waals surface area contributed by atoms with Crippen molar-refractivity contribution in [3.8, 4) is 17.0 Å². The van der Waals surface area contributed by atoms with Crippen molar-refractivity contribution < 1.29 is 9.50 Å². The minimum Gasteiger partial charge on any atom is -0.506 e. The number of nitrogens with zero attached hydrogens (tertiary/aromatic N) is 1. The van der Waals surface area contributed by atoms with E-state index < -0.39 is 5.82 Å². The average molecular weight is 341 g/mol. The summed E-state index contributed by atoms with van der Waals surface area (Å²) in [5, 5.41) is 9.29. The van der Waals surface area contributed by atoms with E-state index in [0.717, 1.165) is 17.5 Å². The number of halogens is 1. The molecule has 0 radical (unpaired) electrons. The van der Waals surface area contributed by atoms with E-state index in [1.807, 2.05) is 12.1 Å². The van der Waals surface area contributed by atoms with Crippen LogP contribution in [0, 0.1) is 11.7 Å². The number of hydrogen-bond donors (Lipinski definition) is 1. The lowest BCUT2D eigenvalue weighted by atomic mass is 9.77. The molecule has 0 aliphatic heterocycles. The predicted octanol–water partition coefficient (Wildman–Crippen LogP) is 6.45. The number of pyridine rings is 1. The smallest absolute Gasteiger partial charge is 0.153 e. The first-order chi connectivity index (χ1) is 12.2. The van der Waals surface area contributed by atoms with Crippen LogP contribution in [0.25, 0.3) is 11.3 Å². The highest BCUT2D eigenvalue weighted by Gasteiger charge is 2.22. The highest BCUT2D eigenvalue weighted by Crippen LogP contribution is 2.38. The fourth-order valence-corrected chi connectivity index (χ4v) is 4.02. The monoisotopic (exact) mass is 341 g/mol. The van der Waals surface area contributed by atoms with Gasteiger partial charge in [-0.05, 0) is 43.1 Å². The first-order valence-electron chi connectivity index (χ1n) is 9.62. The standard InChI is InChI=1S/C22H28FNO/c1-2-3-4-5-16-6-8-17(9-7-16)18-10-12-19(13-11-18)22-21(23)14-20(25)15-24-22/h10-17,25H,2-9H2,1H3. The third-order valence-electron chi connectivity index (χ3n) is 5.54. The fourth-order valence-electron chi connectivity index (χ4n) is 4.02. The summed E-state index contributed by atoms with van der Waals surface area (Å²) in [5.74, 6) is 0.917. The third kappa shape index (κ3) is 4.59. The van der Waals surface area contributed by atoms with Crippen molar-refractivity contribution in [3.63, 3.8) is 0 Å². The Balaban J connectivity index is 1.60. The molecule has 3 rings (SSSR count). The second-order valence-electron chi connectivity index (χ2n) is 7.36.